The Bertz CT molecular complexity index is 2540. The summed E-state index contributed by atoms with van der Waals surface area (Å²) in [5.74, 6) is -1.24. The Balaban J connectivity index is 0.831. The van der Waals surface area contributed by atoms with Crippen LogP contribution in [0.5, 0.6) is 0 Å². The molecule has 7 rings (SSSR count). The predicted octanol–water partition coefficient (Wildman–Crippen LogP) is 8.98. The third-order valence-electron chi connectivity index (χ3n) is 13.0. The maximum absolute atomic E-state index is 14.4. The van der Waals surface area contributed by atoms with Crippen LogP contribution >= 0.6 is 22.9 Å². The zero-order chi connectivity index (χ0) is 50.3. The molecule has 3 aliphatic heterocycles. The molecule has 2 fully saturated rings. The molecule has 3 aromatic carbocycles. The summed E-state index contributed by atoms with van der Waals surface area (Å²) in [5, 5.41) is 23.1. The Labute approximate surface area is 416 Å². The van der Waals surface area contributed by atoms with Crippen LogP contribution < -0.4 is 26.2 Å². The van der Waals surface area contributed by atoms with E-state index in [1.807, 2.05) is 64.4 Å². The number of hydrogen-bond acceptors (Lipinski definition) is 9. The number of aliphatic hydroxyl groups is 1. The second-order valence-corrected chi connectivity index (χ2v) is 20.7. The van der Waals surface area contributed by atoms with Gasteiger partial charge < -0.3 is 41.1 Å². The number of carbonyl (C=O) groups excluding carboxylic acids is 4. The van der Waals surface area contributed by atoms with E-state index < -0.39 is 48.3 Å². The number of aromatic nitrogens is 1. The number of carbonyl (C=O) groups is 4. The van der Waals surface area contributed by atoms with Crippen molar-refractivity contribution >= 4 is 69.6 Å². The normalized spacial score (nSPS) is 19.3. The summed E-state index contributed by atoms with van der Waals surface area (Å²) in [7, 11) is 0. The van der Waals surface area contributed by atoms with Gasteiger partial charge in [0.05, 0.1) is 57.9 Å². The molecule has 0 radical (unpaired) electrons. The standard InChI is InChI=1S/C51H63ClF3N9O5S/c1-30(32-12-14-33(15-13-32)45-31(2)57-29-70-45)58-48(67)42-25-37(65)27-64(42)49(68)46(51(3,4)5)61-44(66)11-9-7-6-8-10-21-56-50(69)62-22-20-36(26-62)59-47-38-23-34(52)16-18-40(38)63(28-43(54)55)41-19-17-35(53)24-39(41)60-47/h12-19,23-24,29-30,36-37,42-43,46,65H,6-11,20-22,25-28H2,1-5H3,(H,56,69)(H,58,67)(H,59,60)(H,61,66)/t30-,36-,37+,42-,46+/m0/s1. The number of unbranched alkanes of at least 4 members (excludes halogenated alkanes) is 4. The number of nitrogens with one attached hydrogen (secondary N) is 4. The molecule has 70 heavy (non-hydrogen) atoms. The number of aryl methyl sites for hydroxylation is 1. The molecule has 1 aromatic heterocycles. The molecule has 5 N–H and O–H groups in total. The highest BCUT2D eigenvalue weighted by Gasteiger charge is 2.45. The number of fused-ring (bicyclic) bond motifs is 2. The molecule has 0 aliphatic carbocycles. The van der Waals surface area contributed by atoms with Crippen molar-refractivity contribution < 1.29 is 37.5 Å². The summed E-state index contributed by atoms with van der Waals surface area (Å²) in [4.78, 5) is 69.0. The van der Waals surface area contributed by atoms with Crippen LogP contribution in [0.4, 0.5) is 35.0 Å². The molecule has 4 heterocycles. The molecule has 0 unspecified atom stereocenters. The number of alkyl halides is 2. The fraction of sp³-hybridized carbons (Fsp3) is 0.490. The number of nitrogens with zero attached hydrogens (tertiary/aromatic N) is 5. The van der Waals surface area contributed by atoms with Crippen molar-refractivity contribution in [2.45, 2.75) is 123 Å². The van der Waals surface area contributed by atoms with E-state index >= 15 is 0 Å². The van der Waals surface area contributed by atoms with Crippen molar-refractivity contribution in [2.75, 3.05) is 42.9 Å². The maximum atomic E-state index is 14.4. The lowest BCUT2D eigenvalue weighted by atomic mass is 9.85. The van der Waals surface area contributed by atoms with E-state index in [1.165, 1.54) is 28.0 Å². The number of amides is 5. The lowest BCUT2D eigenvalue weighted by molar-refractivity contribution is -0.144. The number of benzene rings is 3. The Kier molecular flexibility index (Phi) is 17.1. The first-order valence-corrected chi connectivity index (χ1v) is 25.2. The molecule has 5 amide bonds. The number of β-amino-alcohol motifs (C(OH)–C–C–N with tert-alkyl or cyclic N) is 1. The van der Waals surface area contributed by atoms with Crippen LogP contribution in [-0.4, -0.2) is 113 Å². The fourth-order valence-corrected chi connectivity index (χ4v) is 10.2. The van der Waals surface area contributed by atoms with Gasteiger partial charge in [-0.3, -0.25) is 19.4 Å². The summed E-state index contributed by atoms with van der Waals surface area (Å²) < 4.78 is 42.0. The molecule has 0 spiro atoms. The van der Waals surface area contributed by atoms with Gasteiger partial charge in [0.15, 0.2) is 0 Å². The van der Waals surface area contributed by atoms with Crippen LogP contribution in [0, 0.1) is 18.2 Å². The molecular formula is C51H63ClF3N9O5S. The van der Waals surface area contributed by atoms with Crippen LogP contribution in [0.1, 0.15) is 102 Å². The highest BCUT2D eigenvalue weighted by Crippen LogP contribution is 2.40. The maximum Gasteiger partial charge on any atom is 0.317 e. The van der Waals surface area contributed by atoms with E-state index in [4.69, 9.17) is 16.6 Å². The summed E-state index contributed by atoms with van der Waals surface area (Å²) in [6.07, 6.45) is 1.11. The number of aliphatic hydroxyl groups excluding tert-OH is 1. The Hall–Kier alpha value is -5.72. The molecule has 3 aliphatic rings. The van der Waals surface area contributed by atoms with Crippen LogP contribution in [0.3, 0.4) is 0 Å². The van der Waals surface area contributed by atoms with Gasteiger partial charge in [0, 0.05) is 49.6 Å². The number of thiazole rings is 1. The van der Waals surface area contributed by atoms with Gasteiger partial charge >= 0.3 is 6.03 Å². The number of rotatable bonds is 17. The van der Waals surface area contributed by atoms with E-state index in [9.17, 15) is 37.5 Å². The minimum atomic E-state index is -2.67. The van der Waals surface area contributed by atoms with Crippen molar-refractivity contribution in [1.82, 2.24) is 30.7 Å². The lowest BCUT2D eigenvalue weighted by Gasteiger charge is -2.35. The van der Waals surface area contributed by atoms with Gasteiger partial charge in [0.25, 0.3) is 6.43 Å². The highest BCUT2D eigenvalue weighted by atomic mass is 35.5. The lowest BCUT2D eigenvalue weighted by Crippen LogP contribution is -2.57. The van der Waals surface area contributed by atoms with E-state index in [2.05, 4.69) is 26.3 Å². The third-order valence-corrected chi connectivity index (χ3v) is 14.2. The van der Waals surface area contributed by atoms with Crippen molar-refractivity contribution in [3.05, 3.63) is 93.8 Å². The van der Waals surface area contributed by atoms with Crippen molar-refractivity contribution in [2.24, 2.45) is 10.4 Å². The monoisotopic (exact) mass is 1010 g/mol. The molecule has 14 nitrogen and oxygen atoms in total. The van der Waals surface area contributed by atoms with Gasteiger partial charge in [-0.15, -0.1) is 11.3 Å². The average molecular weight is 1010 g/mol. The minimum absolute atomic E-state index is 0.0118. The number of amidine groups is 1. The first-order valence-electron chi connectivity index (χ1n) is 24.0. The van der Waals surface area contributed by atoms with E-state index in [0.29, 0.717) is 60.3 Å². The number of urea groups is 1. The molecule has 4 aromatic rings. The zero-order valence-electron chi connectivity index (χ0n) is 40.2. The van der Waals surface area contributed by atoms with Gasteiger partial charge in [0.1, 0.15) is 23.7 Å². The molecule has 0 saturated carbocycles. The number of hydrogen-bond donors (Lipinski definition) is 5. The van der Waals surface area contributed by atoms with Crippen molar-refractivity contribution in [3.63, 3.8) is 0 Å². The van der Waals surface area contributed by atoms with Gasteiger partial charge in [-0.1, -0.05) is 75.9 Å². The van der Waals surface area contributed by atoms with Crippen LogP contribution in [-0.2, 0) is 14.4 Å². The fourth-order valence-electron chi connectivity index (χ4n) is 9.25. The SMILES string of the molecule is Cc1ncsc1-c1ccc([C@H](C)NC(=O)[C@@H]2C[C@@H](O)CN2C(=O)[C@@H](NC(=O)CCCCCCCNC(=O)N2CC[C@H](N=C3Nc4cc(F)ccc4N(CC(F)F)c4ccc(Cl)cc43)C2)C(C)(C)C)cc1. The van der Waals surface area contributed by atoms with Gasteiger partial charge in [-0.2, -0.15) is 0 Å². The second kappa shape index (κ2) is 23.0. The van der Waals surface area contributed by atoms with E-state index in [1.54, 1.807) is 34.4 Å². The molecule has 2 saturated heterocycles. The first-order chi connectivity index (χ1) is 33.4. The Morgan fingerprint density at radius 3 is 2.41 bits per heavy atom. The molecular weight excluding hydrogens is 943 g/mol. The summed E-state index contributed by atoms with van der Waals surface area (Å²) in [5.41, 5.74) is 5.62. The summed E-state index contributed by atoms with van der Waals surface area (Å²) in [6.45, 7) is 10.0. The topological polar surface area (TPSA) is 172 Å². The smallest absolute Gasteiger partial charge is 0.317 e. The predicted molar refractivity (Wildman–Crippen MR) is 268 cm³/mol. The average Bonchev–Trinajstić information content (AvgIpc) is 4.06. The zero-order valence-corrected chi connectivity index (χ0v) is 41.8. The summed E-state index contributed by atoms with van der Waals surface area (Å²) in [6, 6.07) is 14.0. The first kappa shape index (κ1) is 52.1. The highest BCUT2D eigenvalue weighted by molar-refractivity contribution is 7.13. The number of likely N-dealkylation sites (tertiary alicyclic amines) is 2. The number of aliphatic imine (C=N–C) groups is 1. The minimum Gasteiger partial charge on any atom is -0.391 e. The summed E-state index contributed by atoms with van der Waals surface area (Å²) >= 11 is 7.94. The quantitative estimate of drug-likeness (QED) is 0.0653. The van der Waals surface area contributed by atoms with Crippen molar-refractivity contribution in [3.8, 4) is 10.4 Å². The van der Waals surface area contributed by atoms with Crippen molar-refractivity contribution in [1.29, 1.82) is 0 Å². The largest absolute Gasteiger partial charge is 0.391 e. The third kappa shape index (κ3) is 13.0. The van der Waals surface area contributed by atoms with E-state index in [-0.39, 0.29) is 55.0 Å². The number of halogens is 4. The van der Waals surface area contributed by atoms with Crippen LogP contribution in [0.15, 0.2) is 71.2 Å². The van der Waals surface area contributed by atoms with Gasteiger partial charge in [-0.25, -0.2) is 22.9 Å². The van der Waals surface area contributed by atoms with Crippen LogP contribution in [0.2, 0.25) is 5.02 Å². The molecule has 19 heteroatoms. The van der Waals surface area contributed by atoms with Crippen LogP contribution in [0.25, 0.3) is 10.4 Å². The molecule has 0 bridgehead atoms. The van der Waals surface area contributed by atoms with Gasteiger partial charge in [-0.05, 0) is 86.1 Å². The van der Waals surface area contributed by atoms with Gasteiger partial charge in [0.2, 0.25) is 17.7 Å². The second-order valence-electron chi connectivity index (χ2n) is 19.4. The van der Waals surface area contributed by atoms with E-state index in [0.717, 1.165) is 47.4 Å². The molecule has 376 valence electrons. The number of anilines is 3. The Morgan fingerprint density at radius 2 is 1.70 bits per heavy atom. The Morgan fingerprint density at radius 1 is 0.971 bits per heavy atom. The molecule has 5 atom stereocenters.